The van der Waals surface area contributed by atoms with E-state index in [2.05, 4.69) is 11.1 Å². The predicted octanol–water partition coefficient (Wildman–Crippen LogP) is 3.24. The van der Waals surface area contributed by atoms with Gasteiger partial charge >= 0.3 is 0 Å². The molecule has 5 rings (SSSR count). The van der Waals surface area contributed by atoms with E-state index in [1.54, 1.807) is 13.2 Å². The molecule has 2 N–H and O–H groups in total. The molecule has 0 spiro atoms. The number of nitrogens with zero attached hydrogens (tertiary/aromatic N) is 2. The summed E-state index contributed by atoms with van der Waals surface area (Å²) in [6, 6.07) is 21.5. The van der Waals surface area contributed by atoms with E-state index in [0.29, 0.717) is 11.4 Å². The summed E-state index contributed by atoms with van der Waals surface area (Å²) in [4.78, 5) is 19.0. The summed E-state index contributed by atoms with van der Waals surface area (Å²) in [6.07, 6.45) is -1.80. The lowest BCUT2D eigenvalue weighted by Crippen LogP contribution is -2.29. The number of aliphatic hydroxyl groups excluding tert-OH is 2. The van der Waals surface area contributed by atoms with Crippen molar-refractivity contribution in [1.29, 1.82) is 0 Å². The molecule has 1 aliphatic heterocycles. The fourth-order valence-corrected chi connectivity index (χ4v) is 4.22. The minimum atomic E-state index is -0.899. The van der Waals surface area contributed by atoms with Crippen LogP contribution < -0.4 is 4.74 Å². The molecule has 1 saturated heterocycles. The van der Waals surface area contributed by atoms with Gasteiger partial charge in [0.05, 0.1) is 24.8 Å². The zero-order chi connectivity index (χ0) is 21.5. The van der Waals surface area contributed by atoms with Gasteiger partial charge < -0.3 is 19.8 Å². The van der Waals surface area contributed by atoms with Gasteiger partial charge in [0.15, 0.2) is 0 Å². The molecule has 4 aromatic rings. The van der Waals surface area contributed by atoms with Crippen LogP contribution >= 0.6 is 0 Å². The zero-order valence-corrected chi connectivity index (χ0v) is 17.0. The molecule has 0 unspecified atom stereocenters. The second-order valence-electron chi connectivity index (χ2n) is 7.82. The number of ether oxygens (including phenoxy) is 1. The number of aliphatic hydroxyl groups is 2. The van der Waals surface area contributed by atoms with Gasteiger partial charge in [-0.3, -0.25) is 4.79 Å². The van der Waals surface area contributed by atoms with Crippen LogP contribution in [0.2, 0.25) is 0 Å². The van der Waals surface area contributed by atoms with Gasteiger partial charge in [-0.25, -0.2) is 4.98 Å². The van der Waals surface area contributed by atoms with E-state index in [9.17, 15) is 15.0 Å². The number of pyridine rings is 1. The first-order valence-corrected chi connectivity index (χ1v) is 10.2. The van der Waals surface area contributed by atoms with Crippen molar-refractivity contribution in [1.82, 2.24) is 9.88 Å². The van der Waals surface area contributed by atoms with E-state index in [-0.39, 0.29) is 19.0 Å². The van der Waals surface area contributed by atoms with Crippen LogP contribution in [-0.2, 0) is 0 Å². The highest BCUT2D eigenvalue weighted by Gasteiger charge is 2.33. The molecule has 0 radical (unpaired) electrons. The van der Waals surface area contributed by atoms with E-state index < -0.39 is 12.2 Å². The quantitative estimate of drug-likeness (QED) is 0.538. The first-order valence-electron chi connectivity index (χ1n) is 10.2. The monoisotopic (exact) mass is 414 g/mol. The Kier molecular flexibility index (Phi) is 4.81. The highest BCUT2D eigenvalue weighted by Crippen LogP contribution is 2.36. The molecule has 2 atom stereocenters. The SMILES string of the molecule is COc1nc2ccccc2cc1-c1cccc2cc(C(=O)N3C[C@@H](O)[C@H](O)C3)ccc12. The molecular formula is C25H22N2O4. The van der Waals surface area contributed by atoms with Gasteiger partial charge in [0.25, 0.3) is 5.91 Å². The molecule has 3 aromatic carbocycles. The normalized spacial score (nSPS) is 18.6. The average Bonchev–Trinajstić information content (AvgIpc) is 3.15. The zero-order valence-electron chi connectivity index (χ0n) is 17.0. The molecule has 1 aliphatic rings. The molecule has 0 bridgehead atoms. The Morgan fingerprint density at radius 2 is 1.68 bits per heavy atom. The van der Waals surface area contributed by atoms with Crippen molar-refractivity contribution >= 4 is 27.6 Å². The summed E-state index contributed by atoms with van der Waals surface area (Å²) >= 11 is 0. The number of hydrogen-bond donors (Lipinski definition) is 2. The lowest BCUT2D eigenvalue weighted by molar-refractivity contribution is 0.0572. The maximum Gasteiger partial charge on any atom is 0.254 e. The third-order valence-electron chi connectivity index (χ3n) is 5.85. The van der Waals surface area contributed by atoms with Gasteiger partial charge in [-0.1, -0.05) is 42.5 Å². The lowest BCUT2D eigenvalue weighted by Gasteiger charge is -2.16. The van der Waals surface area contributed by atoms with Crippen molar-refractivity contribution in [2.24, 2.45) is 0 Å². The summed E-state index contributed by atoms with van der Waals surface area (Å²) in [5, 5.41) is 22.4. The van der Waals surface area contributed by atoms with Crippen molar-refractivity contribution in [2.75, 3.05) is 20.2 Å². The van der Waals surface area contributed by atoms with Crippen LogP contribution in [0, 0.1) is 0 Å². The molecule has 1 aromatic heterocycles. The van der Waals surface area contributed by atoms with Gasteiger partial charge in [0.1, 0.15) is 0 Å². The average molecular weight is 414 g/mol. The molecular weight excluding hydrogens is 392 g/mol. The molecule has 0 aliphatic carbocycles. The lowest BCUT2D eigenvalue weighted by atomic mass is 9.96. The Bertz CT molecular complexity index is 1290. The molecule has 156 valence electrons. The third-order valence-corrected chi connectivity index (χ3v) is 5.85. The number of para-hydroxylation sites is 1. The van der Waals surface area contributed by atoms with Crippen LogP contribution in [-0.4, -0.2) is 58.4 Å². The minimum absolute atomic E-state index is 0.137. The van der Waals surface area contributed by atoms with E-state index in [0.717, 1.165) is 32.8 Å². The van der Waals surface area contributed by atoms with Crippen molar-refractivity contribution in [3.63, 3.8) is 0 Å². The number of hydrogen-bond acceptors (Lipinski definition) is 5. The Morgan fingerprint density at radius 3 is 2.45 bits per heavy atom. The third kappa shape index (κ3) is 3.40. The number of carbonyl (C=O) groups excluding carboxylic acids is 1. The first kappa shape index (κ1) is 19.5. The van der Waals surface area contributed by atoms with Crippen LogP contribution in [0.25, 0.3) is 32.8 Å². The Morgan fingerprint density at radius 1 is 0.935 bits per heavy atom. The van der Waals surface area contributed by atoms with Gasteiger partial charge in [0, 0.05) is 29.6 Å². The smallest absolute Gasteiger partial charge is 0.254 e. The maximum absolute atomic E-state index is 12.9. The number of methoxy groups -OCH3 is 1. The number of carbonyl (C=O) groups is 1. The van der Waals surface area contributed by atoms with Crippen molar-refractivity contribution < 1.29 is 19.7 Å². The molecule has 2 heterocycles. The van der Waals surface area contributed by atoms with Crippen molar-refractivity contribution in [3.8, 4) is 17.0 Å². The number of fused-ring (bicyclic) bond motifs is 2. The Hall–Kier alpha value is -3.48. The highest BCUT2D eigenvalue weighted by molar-refractivity contribution is 6.04. The van der Waals surface area contributed by atoms with Crippen molar-refractivity contribution in [3.05, 3.63) is 72.3 Å². The molecule has 6 heteroatoms. The summed E-state index contributed by atoms with van der Waals surface area (Å²) < 4.78 is 5.59. The fraction of sp³-hybridized carbons (Fsp3) is 0.200. The Labute approximate surface area is 179 Å². The standard InChI is InChI=1S/C25H22N2O4/c1-31-24-20(12-16-5-2-3-8-21(16)26-24)19-7-4-6-15-11-17(9-10-18(15)19)25(30)27-13-22(28)23(29)14-27/h2-12,22-23,28-29H,13-14H2,1H3/t22-,23-/m1/s1. The van der Waals surface area contributed by atoms with Crippen LogP contribution in [0.4, 0.5) is 0 Å². The highest BCUT2D eigenvalue weighted by atomic mass is 16.5. The number of amides is 1. The van der Waals surface area contributed by atoms with Gasteiger partial charge in [-0.05, 0) is 40.6 Å². The summed E-state index contributed by atoms with van der Waals surface area (Å²) in [7, 11) is 1.61. The fourth-order valence-electron chi connectivity index (χ4n) is 4.22. The van der Waals surface area contributed by atoms with E-state index in [4.69, 9.17) is 4.74 Å². The summed E-state index contributed by atoms with van der Waals surface area (Å²) in [5.41, 5.74) is 3.25. The van der Waals surface area contributed by atoms with Gasteiger partial charge in [-0.2, -0.15) is 0 Å². The molecule has 6 nitrogen and oxygen atoms in total. The number of likely N-dealkylation sites (tertiary alicyclic amines) is 1. The predicted molar refractivity (Wildman–Crippen MR) is 119 cm³/mol. The second kappa shape index (κ2) is 7.65. The summed E-state index contributed by atoms with van der Waals surface area (Å²) in [6.45, 7) is 0.274. The number of aromatic nitrogens is 1. The van der Waals surface area contributed by atoms with Crippen LogP contribution in [0.1, 0.15) is 10.4 Å². The number of benzene rings is 3. The topological polar surface area (TPSA) is 82.9 Å². The number of β-amino-alcohol motifs (C(OH)–C–C–N with tert-alkyl or cyclic N) is 2. The molecule has 31 heavy (non-hydrogen) atoms. The molecule has 0 saturated carbocycles. The van der Waals surface area contributed by atoms with E-state index >= 15 is 0 Å². The first-order chi connectivity index (χ1) is 15.0. The van der Waals surface area contributed by atoms with Gasteiger partial charge in [0.2, 0.25) is 5.88 Å². The van der Waals surface area contributed by atoms with E-state index in [1.807, 2.05) is 54.6 Å². The molecule has 1 amide bonds. The number of rotatable bonds is 3. The molecule has 1 fully saturated rings. The van der Waals surface area contributed by atoms with E-state index in [1.165, 1.54) is 4.90 Å². The second-order valence-corrected chi connectivity index (χ2v) is 7.82. The largest absolute Gasteiger partial charge is 0.481 e. The van der Waals surface area contributed by atoms with Crippen molar-refractivity contribution in [2.45, 2.75) is 12.2 Å². The Balaban J connectivity index is 1.59. The minimum Gasteiger partial charge on any atom is -0.481 e. The van der Waals surface area contributed by atoms with Crippen LogP contribution in [0.15, 0.2) is 66.7 Å². The van der Waals surface area contributed by atoms with Gasteiger partial charge in [-0.15, -0.1) is 0 Å². The maximum atomic E-state index is 12.9. The summed E-state index contributed by atoms with van der Waals surface area (Å²) in [5.74, 6) is 0.347. The van der Waals surface area contributed by atoms with Crippen LogP contribution in [0.5, 0.6) is 5.88 Å². The van der Waals surface area contributed by atoms with Crippen LogP contribution in [0.3, 0.4) is 0 Å².